The van der Waals surface area contributed by atoms with Gasteiger partial charge in [-0.1, -0.05) is 18.2 Å². The number of nitrogens with zero attached hydrogens (tertiary/aromatic N) is 1. The maximum absolute atomic E-state index is 12.2. The summed E-state index contributed by atoms with van der Waals surface area (Å²) in [6.45, 7) is 0.888. The van der Waals surface area contributed by atoms with Crippen LogP contribution in [0.3, 0.4) is 0 Å². The molecule has 3 N–H and O–H groups in total. The Kier molecular flexibility index (Phi) is 7.26. The molecule has 2 aromatic rings. The number of methoxy groups -OCH3 is 1. The number of amides is 3. The van der Waals surface area contributed by atoms with Crippen LogP contribution in [-0.4, -0.2) is 43.0 Å². The second kappa shape index (κ2) is 9.90. The highest BCUT2D eigenvalue weighted by Crippen LogP contribution is 2.14. The number of carbonyl (C=O) groups is 3. The number of para-hydroxylation sites is 1. The van der Waals surface area contributed by atoms with Crippen LogP contribution in [0.4, 0.5) is 5.69 Å². The van der Waals surface area contributed by atoms with Gasteiger partial charge in [0.15, 0.2) is 0 Å². The largest absolute Gasteiger partial charge is 0.383 e. The zero-order valence-electron chi connectivity index (χ0n) is 14.3. The molecule has 0 aliphatic heterocycles. The Bertz CT molecular complexity index is 765. The third kappa shape index (κ3) is 5.67. The molecule has 0 radical (unpaired) electrons. The summed E-state index contributed by atoms with van der Waals surface area (Å²) in [6.07, 6.45) is 3.21. The van der Waals surface area contributed by atoms with Crippen LogP contribution in [0, 0.1) is 0 Å². The van der Waals surface area contributed by atoms with Gasteiger partial charge in [0.25, 0.3) is 5.91 Å². The van der Waals surface area contributed by atoms with E-state index in [9.17, 15) is 14.4 Å². The molecule has 0 saturated heterocycles. The van der Waals surface area contributed by atoms with Gasteiger partial charge in [-0.15, -0.1) is 0 Å². The fourth-order valence-corrected chi connectivity index (χ4v) is 2.10. The van der Waals surface area contributed by atoms with E-state index >= 15 is 0 Å². The minimum absolute atomic E-state index is 0.180. The molecule has 8 heteroatoms. The average molecular weight is 356 g/mol. The van der Waals surface area contributed by atoms with E-state index in [4.69, 9.17) is 4.74 Å². The lowest BCUT2D eigenvalue weighted by atomic mass is 10.1. The van der Waals surface area contributed by atoms with Crippen LogP contribution in [0.5, 0.6) is 0 Å². The molecular weight excluding hydrogens is 336 g/mol. The van der Waals surface area contributed by atoms with Crippen molar-refractivity contribution in [3.05, 3.63) is 59.9 Å². The van der Waals surface area contributed by atoms with Crippen LogP contribution in [0.1, 0.15) is 15.9 Å². The molecule has 1 aromatic heterocycles. The van der Waals surface area contributed by atoms with Crippen molar-refractivity contribution in [1.82, 2.24) is 15.6 Å². The summed E-state index contributed by atoms with van der Waals surface area (Å²) in [4.78, 5) is 40.1. The summed E-state index contributed by atoms with van der Waals surface area (Å²) in [5.74, 6) is -2.02. The Morgan fingerprint density at radius 2 is 1.85 bits per heavy atom. The summed E-state index contributed by atoms with van der Waals surface area (Å²) in [7, 11) is 1.53. The van der Waals surface area contributed by atoms with Gasteiger partial charge < -0.3 is 20.7 Å². The second-order valence-electron chi connectivity index (χ2n) is 5.29. The predicted molar refractivity (Wildman–Crippen MR) is 95.4 cm³/mol. The minimum Gasteiger partial charge on any atom is -0.383 e. The minimum atomic E-state index is -0.856. The van der Waals surface area contributed by atoms with E-state index in [-0.39, 0.29) is 23.7 Å². The summed E-state index contributed by atoms with van der Waals surface area (Å²) in [5, 5.41) is 7.63. The number of hydrogen-bond donors (Lipinski definition) is 3. The molecule has 0 spiro atoms. The zero-order valence-corrected chi connectivity index (χ0v) is 14.3. The van der Waals surface area contributed by atoms with Crippen molar-refractivity contribution in [3.63, 3.8) is 0 Å². The smallest absolute Gasteiger partial charge is 0.313 e. The van der Waals surface area contributed by atoms with Crippen molar-refractivity contribution in [2.45, 2.75) is 6.54 Å². The topological polar surface area (TPSA) is 109 Å². The number of ether oxygens (including phenoxy) is 1. The first-order valence-electron chi connectivity index (χ1n) is 7.96. The van der Waals surface area contributed by atoms with Crippen molar-refractivity contribution >= 4 is 23.4 Å². The van der Waals surface area contributed by atoms with Gasteiger partial charge in [0.2, 0.25) is 0 Å². The number of pyridine rings is 1. The third-order valence-corrected chi connectivity index (χ3v) is 3.39. The highest BCUT2D eigenvalue weighted by Gasteiger charge is 2.17. The number of hydrogen-bond acceptors (Lipinski definition) is 5. The molecule has 0 aliphatic carbocycles. The lowest BCUT2D eigenvalue weighted by Crippen LogP contribution is -2.35. The monoisotopic (exact) mass is 356 g/mol. The molecule has 1 aromatic carbocycles. The molecule has 0 aliphatic rings. The molecule has 136 valence electrons. The van der Waals surface area contributed by atoms with E-state index in [1.54, 1.807) is 48.8 Å². The number of rotatable bonds is 7. The van der Waals surface area contributed by atoms with Crippen LogP contribution < -0.4 is 16.0 Å². The third-order valence-electron chi connectivity index (χ3n) is 3.39. The van der Waals surface area contributed by atoms with Gasteiger partial charge in [0.05, 0.1) is 17.9 Å². The number of anilines is 1. The Balaban J connectivity index is 1.95. The van der Waals surface area contributed by atoms with Gasteiger partial charge in [-0.05, 0) is 23.8 Å². The average Bonchev–Trinajstić information content (AvgIpc) is 2.67. The molecule has 0 fully saturated rings. The summed E-state index contributed by atoms with van der Waals surface area (Å²) >= 11 is 0. The van der Waals surface area contributed by atoms with Gasteiger partial charge in [-0.3, -0.25) is 19.4 Å². The summed E-state index contributed by atoms with van der Waals surface area (Å²) < 4.78 is 4.88. The molecule has 2 rings (SSSR count). The van der Waals surface area contributed by atoms with Crippen LogP contribution >= 0.6 is 0 Å². The number of aromatic nitrogens is 1. The van der Waals surface area contributed by atoms with E-state index in [1.165, 1.54) is 7.11 Å². The normalized spacial score (nSPS) is 10.0. The van der Waals surface area contributed by atoms with E-state index in [0.717, 1.165) is 5.56 Å². The van der Waals surface area contributed by atoms with Crippen molar-refractivity contribution in [2.24, 2.45) is 0 Å². The Morgan fingerprint density at radius 1 is 1.04 bits per heavy atom. The highest BCUT2D eigenvalue weighted by molar-refractivity contribution is 6.40. The van der Waals surface area contributed by atoms with Crippen molar-refractivity contribution in [3.8, 4) is 0 Å². The first-order valence-corrected chi connectivity index (χ1v) is 7.96. The molecule has 0 bridgehead atoms. The van der Waals surface area contributed by atoms with Crippen LogP contribution in [0.2, 0.25) is 0 Å². The van der Waals surface area contributed by atoms with Gasteiger partial charge in [0.1, 0.15) is 0 Å². The summed E-state index contributed by atoms with van der Waals surface area (Å²) in [6, 6.07) is 9.96. The zero-order chi connectivity index (χ0) is 18.8. The van der Waals surface area contributed by atoms with E-state index in [1.807, 2.05) is 0 Å². The van der Waals surface area contributed by atoms with E-state index < -0.39 is 11.8 Å². The van der Waals surface area contributed by atoms with Crippen LogP contribution in [-0.2, 0) is 20.9 Å². The van der Waals surface area contributed by atoms with Crippen molar-refractivity contribution in [2.75, 3.05) is 25.6 Å². The number of carbonyl (C=O) groups excluding carboxylic acids is 3. The fourth-order valence-electron chi connectivity index (χ4n) is 2.10. The van der Waals surface area contributed by atoms with Crippen molar-refractivity contribution < 1.29 is 19.1 Å². The fraction of sp³-hybridized carbons (Fsp3) is 0.222. The van der Waals surface area contributed by atoms with Gasteiger partial charge in [0, 0.05) is 32.6 Å². The second-order valence-corrected chi connectivity index (χ2v) is 5.29. The maximum Gasteiger partial charge on any atom is 0.313 e. The quantitative estimate of drug-likeness (QED) is 0.500. The van der Waals surface area contributed by atoms with Crippen molar-refractivity contribution in [1.29, 1.82) is 0 Å². The van der Waals surface area contributed by atoms with Gasteiger partial charge in [-0.25, -0.2) is 0 Å². The Hall–Kier alpha value is -3.26. The molecule has 3 amide bonds. The van der Waals surface area contributed by atoms with E-state index in [0.29, 0.717) is 13.2 Å². The lowest BCUT2D eigenvalue weighted by Gasteiger charge is -2.11. The predicted octanol–water partition coefficient (Wildman–Crippen LogP) is 0.713. The molecule has 0 unspecified atom stereocenters. The Morgan fingerprint density at radius 3 is 2.58 bits per heavy atom. The lowest BCUT2D eigenvalue weighted by molar-refractivity contribution is -0.136. The molecule has 26 heavy (non-hydrogen) atoms. The molecule has 8 nitrogen and oxygen atoms in total. The highest BCUT2D eigenvalue weighted by atomic mass is 16.5. The van der Waals surface area contributed by atoms with Gasteiger partial charge in [-0.2, -0.15) is 0 Å². The maximum atomic E-state index is 12.2. The van der Waals surface area contributed by atoms with Gasteiger partial charge >= 0.3 is 11.8 Å². The summed E-state index contributed by atoms with van der Waals surface area (Å²) in [5.41, 5.74) is 1.28. The number of benzene rings is 1. The first kappa shape index (κ1) is 19.1. The van der Waals surface area contributed by atoms with E-state index in [2.05, 4.69) is 20.9 Å². The first-order chi connectivity index (χ1) is 12.6. The SMILES string of the molecule is COCCNC(=O)c1ccccc1NC(=O)C(=O)NCc1cccnc1. The molecule has 0 saturated carbocycles. The molecule has 1 heterocycles. The van der Waals surface area contributed by atoms with Crippen LogP contribution in [0.15, 0.2) is 48.8 Å². The number of nitrogens with one attached hydrogen (secondary N) is 3. The molecule has 0 atom stereocenters. The molecular formula is C18H20N4O4. The standard InChI is InChI=1S/C18H20N4O4/c1-26-10-9-20-16(23)14-6-2-3-7-15(14)22-18(25)17(24)21-12-13-5-4-8-19-11-13/h2-8,11H,9-10,12H2,1H3,(H,20,23)(H,21,24)(H,22,25). The van der Waals surface area contributed by atoms with Crippen LogP contribution in [0.25, 0.3) is 0 Å². The Labute approximate surface area is 151 Å².